The maximum atomic E-state index is 6.05. The lowest BCUT2D eigenvalue weighted by Gasteiger charge is -2.19. The molecule has 0 saturated heterocycles. The molecule has 0 bridgehead atoms. The van der Waals surface area contributed by atoms with Crippen LogP contribution in [-0.4, -0.2) is 21.1 Å². The van der Waals surface area contributed by atoms with Gasteiger partial charge in [-0.2, -0.15) is 0 Å². The Kier molecular flexibility index (Phi) is 5.05. The van der Waals surface area contributed by atoms with Crippen molar-refractivity contribution in [2.45, 2.75) is 12.5 Å². The van der Waals surface area contributed by atoms with Gasteiger partial charge in [0, 0.05) is 30.8 Å². The highest BCUT2D eigenvalue weighted by Gasteiger charge is 2.10. The molecule has 0 amide bonds. The molecule has 2 aromatic rings. The summed E-state index contributed by atoms with van der Waals surface area (Å²) in [5.41, 5.74) is 3.75. The predicted octanol–water partition coefficient (Wildman–Crippen LogP) is 3.91. The van der Waals surface area contributed by atoms with Crippen LogP contribution >= 0.6 is 11.6 Å². The summed E-state index contributed by atoms with van der Waals surface area (Å²) < 4.78 is 0. The number of halogens is 1. The Bertz CT molecular complexity index is 549. The van der Waals surface area contributed by atoms with Crippen molar-refractivity contribution in [3.63, 3.8) is 0 Å². The second-order valence-corrected chi connectivity index (χ2v) is 5.60. The molecule has 0 aliphatic heterocycles. The van der Waals surface area contributed by atoms with Gasteiger partial charge in [-0.3, -0.25) is 0 Å². The Morgan fingerprint density at radius 2 is 1.80 bits per heavy atom. The Morgan fingerprint density at radius 3 is 2.35 bits per heavy atom. The largest absolute Gasteiger partial charge is 0.378 e. The van der Waals surface area contributed by atoms with Gasteiger partial charge in [-0.1, -0.05) is 35.9 Å². The molecule has 106 valence electrons. The molecule has 20 heavy (non-hydrogen) atoms. The molecule has 2 rings (SSSR count). The number of nitrogens with one attached hydrogen (secondary N) is 1. The van der Waals surface area contributed by atoms with Crippen molar-refractivity contribution in [2.75, 3.05) is 26.0 Å². The summed E-state index contributed by atoms with van der Waals surface area (Å²) in [5.74, 6) is 0. The van der Waals surface area contributed by atoms with E-state index in [-0.39, 0.29) is 0 Å². The lowest BCUT2D eigenvalue weighted by Crippen LogP contribution is -2.19. The van der Waals surface area contributed by atoms with Crippen molar-refractivity contribution >= 4 is 17.3 Å². The molecular formula is C17H21ClN2. The average Bonchev–Trinajstić information content (AvgIpc) is 2.45. The number of hydrogen-bond donors (Lipinski definition) is 1. The smallest absolute Gasteiger partial charge is 0.0408 e. The zero-order chi connectivity index (χ0) is 14.5. The fraction of sp³-hybridized carbons (Fsp3) is 0.294. The van der Waals surface area contributed by atoms with Crippen LogP contribution in [0.1, 0.15) is 17.2 Å². The van der Waals surface area contributed by atoms with Crippen molar-refractivity contribution in [1.29, 1.82) is 0 Å². The van der Waals surface area contributed by atoms with E-state index in [1.54, 1.807) is 0 Å². The normalized spacial score (nSPS) is 12.2. The molecule has 2 aromatic carbocycles. The van der Waals surface area contributed by atoms with E-state index < -0.39 is 0 Å². The van der Waals surface area contributed by atoms with Crippen molar-refractivity contribution in [2.24, 2.45) is 0 Å². The summed E-state index contributed by atoms with van der Waals surface area (Å²) in [6.07, 6.45) is 0.929. The van der Waals surface area contributed by atoms with Crippen LogP contribution in [-0.2, 0) is 6.42 Å². The third-order valence-electron chi connectivity index (χ3n) is 3.49. The van der Waals surface area contributed by atoms with Gasteiger partial charge in [-0.25, -0.2) is 0 Å². The number of nitrogens with zero attached hydrogens (tertiary/aromatic N) is 1. The third kappa shape index (κ3) is 3.75. The number of rotatable bonds is 5. The summed E-state index contributed by atoms with van der Waals surface area (Å²) >= 11 is 6.05. The van der Waals surface area contributed by atoms with Crippen LogP contribution < -0.4 is 10.2 Å². The number of hydrogen-bond acceptors (Lipinski definition) is 2. The molecular weight excluding hydrogens is 268 g/mol. The highest BCUT2D eigenvalue weighted by Crippen LogP contribution is 2.22. The molecule has 0 aromatic heterocycles. The lowest BCUT2D eigenvalue weighted by molar-refractivity contribution is 0.592. The van der Waals surface area contributed by atoms with E-state index in [0.29, 0.717) is 6.04 Å². The minimum atomic E-state index is 0.296. The Morgan fingerprint density at radius 1 is 1.10 bits per heavy atom. The zero-order valence-electron chi connectivity index (χ0n) is 12.2. The van der Waals surface area contributed by atoms with Gasteiger partial charge in [0.15, 0.2) is 0 Å². The van der Waals surface area contributed by atoms with Crippen molar-refractivity contribution in [1.82, 2.24) is 5.32 Å². The first-order chi connectivity index (χ1) is 9.60. The zero-order valence-corrected chi connectivity index (χ0v) is 13.0. The minimum absolute atomic E-state index is 0.296. The van der Waals surface area contributed by atoms with Gasteiger partial charge in [0.1, 0.15) is 0 Å². The number of benzene rings is 2. The average molecular weight is 289 g/mol. The fourth-order valence-electron chi connectivity index (χ4n) is 2.29. The molecule has 0 aliphatic carbocycles. The molecule has 2 nitrogen and oxygen atoms in total. The number of anilines is 1. The first-order valence-electron chi connectivity index (χ1n) is 6.79. The van der Waals surface area contributed by atoms with Crippen LogP contribution in [0.4, 0.5) is 5.69 Å². The fourth-order valence-corrected chi connectivity index (χ4v) is 2.50. The van der Waals surface area contributed by atoms with E-state index >= 15 is 0 Å². The molecule has 0 saturated carbocycles. The van der Waals surface area contributed by atoms with E-state index in [1.165, 1.54) is 16.8 Å². The summed E-state index contributed by atoms with van der Waals surface area (Å²) in [5, 5.41) is 4.17. The first-order valence-corrected chi connectivity index (χ1v) is 7.17. The minimum Gasteiger partial charge on any atom is -0.378 e. The van der Waals surface area contributed by atoms with Crippen LogP contribution in [0.15, 0.2) is 48.5 Å². The van der Waals surface area contributed by atoms with Crippen LogP contribution in [0.5, 0.6) is 0 Å². The third-order valence-corrected chi connectivity index (χ3v) is 3.72. The van der Waals surface area contributed by atoms with E-state index in [2.05, 4.69) is 54.6 Å². The highest BCUT2D eigenvalue weighted by molar-refractivity contribution is 6.30. The van der Waals surface area contributed by atoms with Crippen LogP contribution in [0.2, 0.25) is 5.02 Å². The second-order valence-electron chi connectivity index (χ2n) is 5.16. The van der Waals surface area contributed by atoms with E-state index in [4.69, 9.17) is 11.6 Å². The van der Waals surface area contributed by atoms with Gasteiger partial charge in [-0.05, 0) is 48.9 Å². The quantitative estimate of drug-likeness (QED) is 0.897. The second kappa shape index (κ2) is 6.78. The van der Waals surface area contributed by atoms with Crippen molar-refractivity contribution in [3.8, 4) is 0 Å². The SMILES string of the molecule is CNC(Cc1cccc(Cl)c1)c1ccc(N(C)C)cc1. The van der Waals surface area contributed by atoms with E-state index in [1.807, 2.05) is 25.2 Å². The Labute approximate surface area is 126 Å². The summed E-state index contributed by atoms with van der Waals surface area (Å²) in [6.45, 7) is 0. The van der Waals surface area contributed by atoms with Gasteiger partial charge in [0.05, 0.1) is 0 Å². The molecule has 0 aliphatic rings. The van der Waals surface area contributed by atoms with Gasteiger partial charge in [0.2, 0.25) is 0 Å². The van der Waals surface area contributed by atoms with Crippen molar-refractivity contribution in [3.05, 3.63) is 64.7 Å². The molecule has 0 radical (unpaired) electrons. The Hall–Kier alpha value is -1.51. The molecule has 1 atom stereocenters. The monoisotopic (exact) mass is 288 g/mol. The molecule has 1 unspecified atom stereocenters. The van der Waals surface area contributed by atoms with Gasteiger partial charge in [-0.15, -0.1) is 0 Å². The Balaban J connectivity index is 2.15. The molecule has 0 fully saturated rings. The van der Waals surface area contributed by atoms with E-state index in [9.17, 15) is 0 Å². The van der Waals surface area contributed by atoms with Crippen LogP contribution in [0.25, 0.3) is 0 Å². The van der Waals surface area contributed by atoms with Gasteiger partial charge in [0.25, 0.3) is 0 Å². The highest BCUT2D eigenvalue weighted by atomic mass is 35.5. The topological polar surface area (TPSA) is 15.3 Å². The number of likely N-dealkylation sites (N-methyl/N-ethyl adjacent to an activating group) is 1. The molecule has 0 spiro atoms. The molecule has 3 heteroatoms. The maximum absolute atomic E-state index is 6.05. The molecule has 0 heterocycles. The van der Waals surface area contributed by atoms with E-state index in [0.717, 1.165) is 11.4 Å². The van der Waals surface area contributed by atoms with Crippen LogP contribution in [0.3, 0.4) is 0 Å². The first kappa shape index (κ1) is 14.9. The summed E-state index contributed by atoms with van der Waals surface area (Å²) in [4.78, 5) is 2.11. The van der Waals surface area contributed by atoms with Crippen LogP contribution in [0, 0.1) is 0 Å². The predicted molar refractivity (Wildman–Crippen MR) is 87.7 cm³/mol. The molecule has 1 N–H and O–H groups in total. The van der Waals surface area contributed by atoms with Gasteiger partial charge < -0.3 is 10.2 Å². The summed E-state index contributed by atoms with van der Waals surface area (Å²) in [7, 11) is 6.10. The standard InChI is InChI=1S/C17H21ClN2/c1-19-17(12-13-5-4-6-15(18)11-13)14-7-9-16(10-8-14)20(2)3/h4-11,17,19H,12H2,1-3H3. The lowest BCUT2D eigenvalue weighted by atomic mass is 9.99. The van der Waals surface area contributed by atoms with Crippen molar-refractivity contribution < 1.29 is 0 Å². The maximum Gasteiger partial charge on any atom is 0.0408 e. The summed E-state index contributed by atoms with van der Waals surface area (Å²) in [6, 6.07) is 17.0. The van der Waals surface area contributed by atoms with Gasteiger partial charge >= 0.3 is 0 Å².